The number of halogens is 3. The normalized spacial score (nSPS) is 12.6. The van der Waals surface area contributed by atoms with Gasteiger partial charge in [-0.2, -0.15) is 0 Å². The Balaban J connectivity index is 2.15. The van der Waals surface area contributed by atoms with E-state index in [9.17, 15) is 4.39 Å². The molecule has 0 saturated heterocycles. The molecule has 21 heavy (non-hydrogen) atoms. The second-order valence-corrected chi connectivity index (χ2v) is 6.38. The molecule has 0 spiro atoms. The van der Waals surface area contributed by atoms with Crippen molar-refractivity contribution in [2.24, 2.45) is 0 Å². The van der Waals surface area contributed by atoms with E-state index in [2.05, 4.69) is 22.0 Å². The number of aryl methyl sites for hydroxylation is 1. The summed E-state index contributed by atoms with van der Waals surface area (Å²) in [6, 6.07) is 16.8. The number of hydrogen-bond donors (Lipinski definition) is 0. The van der Waals surface area contributed by atoms with E-state index in [0.717, 1.165) is 27.1 Å². The minimum atomic E-state index is -0.193. The Labute approximate surface area is 136 Å². The van der Waals surface area contributed by atoms with Gasteiger partial charge in [0.1, 0.15) is 5.82 Å². The summed E-state index contributed by atoms with van der Waals surface area (Å²) in [5.41, 5.74) is 3.19. The van der Waals surface area contributed by atoms with Crippen LogP contribution in [0.3, 0.4) is 0 Å². The molecule has 0 heterocycles. The van der Waals surface area contributed by atoms with Gasteiger partial charge in [0.2, 0.25) is 0 Å². The van der Waals surface area contributed by atoms with Crippen molar-refractivity contribution < 1.29 is 4.39 Å². The van der Waals surface area contributed by atoms with Crippen molar-refractivity contribution in [3.8, 4) is 0 Å². The van der Waals surface area contributed by atoms with Crippen molar-refractivity contribution in [3.05, 3.63) is 82.1 Å². The Morgan fingerprint density at radius 3 is 2.43 bits per heavy atom. The lowest BCUT2D eigenvalue weighted by molar-refractivity contribution is 0.639. The Kier molecular flexibility index (Phi) is 4.01. The molecule has 3 aromatic carbocycles. The van der Waals surface area contributed by atoms with Gasteiger partial charge < -0.3 is 0 Å². The molecule has 0 amide bonds. The van der Waals surface area contributed by atoms with Gasteiger partial charge in [0, 0.05) is 10.4 Å². The minimum absolute atomic E-state index is 0.000957. The van der Waals surface area contributed by atoms with Gasteiger partial charge in [0.15, 0.2) is 0 Å². The quantitative estimate of drug-likeness (QED) is 0.460. The van der Waals surface area contributed by atoms with E-state index >= 15 is 0 Å². The zero-order chi connectivity index (χ0) is 15.0. The van der Waals surface area contributed by atoms with Crippen LogP contribution in [0.1, 0.15) is 21.5 Å². The molecule has 0 aliphatic rings. The highest BCUT2D eigenvalue weighted by molar-refractivity contribution is 9.09. The number of rotatable bonds is 2. The van der Waals surface area contributed by atoms with E-state index in [1.807, 2.05) is 43.3 Å². The lowest BCUT2D eigenvalue weighted by Gasteiger charge is -2.15. The smallest absolute Gasteiger partial charge is 0.131 e. The molecular formula is C18H13BrClF. The molecular weight excluding hydrogens is 351 g/mol. The highest BCUT2D eigenvalue weighted by atomic mass is 79.9. The summed E-state index contributed by atoms with van der Waals surface area (Å²) in [6.45, 7) is 1.98. The molecule has 3 rings (SSSR count). The second kappa shape index (κ2) is 5.78. The largest absolute Gasteiger partial charge is 0.206 e. The van der Waals surface area contributed by atoms with Gasteiger partial charge in [0.05, 0.1) is 4.83 Å². The number of fused-ring (bicyclic) bond motifs is 1. The monoisotopic (exact) mass is 362 g/mol. The summed E-state index contributed by atoms with van der Waals surface area (Å²) in [6.07, 6.45) is 0. The van der Waals surface area contributed by atoms with Gasteiger partial charge >= 0.3 is 0 Å². The van der Waals surface area contributed by atoms with Crippen LogP contribution in [-0.4, -0.2) is 0 Å². The van der Waals surface area contributed by atoms with E-state index in [4.69, 9.17) is 11.6 Å². The number of benzene rings is 3. The van der Waals surface area contributed by atoms with E-state index in [0.29, 0.717) is 5.39 Å². The highest BCUT2D eigenvalue weighted by Gasteiger charge is 2.15. The summed E-state index contributed by atoms with van der Waals surface area (Å²) in [4.78, 5) is -0.000957. The first-order chi connectivity index (χ1) is 10.1. The van der Waals surface area contributed by atoms with Crippen LogP contribution in [0, 0.1) is 12.7 Å². The summed E-state index contributed by atoms with van der Waals surface area (Å²) in [7, 11) is 0. The fourth-order valence-electron chi connectivity index (χ4n) is 2.51. The molecule has 3 aromatic rings. The summed E-state index contributed by atoms with van der Waals surface area (Å²) in [5.74, 6) is -0.193. The predicted molar refractivity (Wildman–Crippen MR) is 90.9 cm³/mol. The Morgan fingerprint density at radius 1 is 1.00 bits per heavy atom. The molecule has 0 N–H and O–H groups in total. The molecule has 1 unspecified atom stereocenters. The SMILES string of the molecule is Cc1cc(C(Br)c2ccc(F)c3ccccc23)ccc1Cl. The average Bonchev–Trinajstić information content (AvgIpc) is 2.50. The fraction of sp³-hybridized carbons (Fsp3) is 0.111. The molecule has 0 fully saturated rings. The maximum absolute atomic E-state index is 13.9. The molecule has 106 valence electrons. The molecule has 0 aliphatic heterocycles. The standard InChI is InChI=1S/C18H13BrClF/c1-11-10-12(6-8-16(11)20)18(19)15-7-9-17(21)14-5-3-2-4-13(14)15/h2-10,18H,1H3. The second-order valence-electron chi connectivity index (χ2n) is 5.05. The van der Waals surface area contributed by atoms with Crippen LogP contribution in [0.15, 0.2) is 54.6 Å². The van der Waals surface area contributed by atoms with Crippen LogP contribution in [0.2, 0.25) is 5.02 Å². The van der Waals surface area contributed by atoms with E-state index < -0.39 is 0 Å². The van der Waals surface area contributed by atoms with Crippen molar-refractivity contribution in [3.63, 3.8) is 0 Å². The van der Waals surface area contributed by atoms with Crippen LogP contribution in [0.25, 0.3) is 10.8 Å². The first-order valence-electron chi connectivity index (χ1n) is 6.65. The molecule has 0 bridgehead atoms. The first kappa shape index (κ1) is 14.6. The summed E-state index contributed by atoms with van der Waals surface area (Å²) in [5, 5.41) is 2.32. The van der Waals surface area contributed by atoms with E-state index in [-0.39, 0.29) is 10.6 Å². The third-order valence-corrected chi connectivity index (χ3v) is 5.10. The molecule has 0 saturated carbocycles. The molecule has 0 aromatic heterocycles. The lowest BCUT2D eigenvalue weighted by atomic mass is 9.97. The fourth-order valence-corrected chi connectivity index (χ4v) is 3.31. The van der Waals surface area contributed by atoms with Gasteiger partial charge in [-0.05, 0) is 41.1 Å². The van der Waals surface area contributed by atoms with E-state index in [1.165, 1.54) is 6.07 Å². The molecule has 3 heteroatoms. The van der Waals surface area contributed by atoms with Crippen LogP contribution in [-0.2, 0) is 0 Å². The summed E-state index contributed by atoms with van der Waals surface area (Å²) < 4.78 is 13.9. The first-order valence-corrected chi connectivity index (χ1v) is 7.94. The van der Waals surface area contributed by atoms with Crippen LogP contribution < -0.4 is 0 Å². The van der Waals surface area contributed by atoms with Gasteiger partial charge in [0.25, 0.3) is 0 Å². The molecule has 0 aliphatic carbocycles. The Bertz CT molecular complexity index is 813. The maximum Gasteiger partial charge on any atom is 0.131 e. The van der Waals surface area contributed by atoms with Gasteiger partial charge in [-0.25, -0.2) is 4.39 Å². The predicted octanol–water partition coefficient (Wildman–Crippen LogP) is 6.43. The molecule has 0 nitrogen and oxygen atoms in total. The lowest BCUT2D eigenvalue weighted by Crippen LogP contribution is -1.96. The third kappa shape index (κ3) is 2.70. The average molecular weight is 364 g/mol. The topological polar surface area (TPSA) is 0 Å². The Hall–Kier alpha value is -1.38. The van der Waals surface area contributed by atoms with Gasteiger partial charge in [-0.15, -0.1) is 0 Å². The Morgan fingerprint density at radius 2 is 1.71 bits per heavy atom. The molecule has 1 atom stereocenters. The van der Waals surface area contributed by atoms with E-state index in [1.54, 1.807) is 6.07 Å². The number of alkyl halides is 1. The van der Waals surface area contributed by atoms with Crippen molar-refractivity contribution in [1.29, 1.82) is 0 Å². The van der Waals surface area contributed by atoms with Gasteiger partial charge in [-0.1, -0.05) is 70.0 Å². The van der Waals surface area contributed by atoms with Crippen molar-refractivity contribution >= 4 is 38.3 Å². The van der Waals surface area contributed by atoms with Crippen molar-refractivity contribution in [2.45, 2.75) is 11.8 Å². The zero-order valence-corrected chi connectivity index (χ0v) is 13.7. The zero-order valence-electron chi connectivity index (χ0n) is 11.4. The van der Waals surface area contributed by atoms with Crippen LogP contribution in [0.5, 0.6) is 0 Å². The van der Waals surface area contributed by atoms with Crippen molar-refractivity contribution in [2.75, 3.05) is 0 Å². The minimum Gasteiger partial charge on any atom is -0.206 e. The van der Waals surface area contributed by atoms with Crippen LogP contribution in [0.4, 0.5) is 4.39 Å². The maximum atomic E-state index is 13.9. The van der Waals surface area contributed by atoms with Gasteiger partial charge in [-0.3, -0.25) is 0 Å². The van der Waals surface area contributed by atoms with Crippen molar-refractivity contribution in [1.82, 2.24) is 0 Å². The summed E-state index contributed by atoms with van der Waals surface area (Å²) >= 11 is 9.82. The number of hydrogen-bond acceptors (Lipinski definition) is 0. The van der Waals surface area contributed by atoms with Crippen LogP contribution >= 0.6 is 27.5 Å². The molecule has 0 radical (unpaired) electrons. The highest BCUT2D eigenvalue weighted by Crippen LogP contribution is 2.37. The third-order valence-electron chi connectivity index (χ3n) is 3.65.